The summed E-state index contributed by atoms with van der Waals surface area (Å²) in [5.41, 5.74) is 19.7. The van der Waals surface area contributed by atoms with Gasteiger partial charge in [0.25, 0.3) is 0 Å². The van der Waals surface area contributed by atoms with Crippen LogP contribution in [0.2, 0.25) is 5.28 Å². The SMILES string of the molecule is C=C1N=C(N)N=CN1C.Cc1nc(N)c2ncn(C)c2n1.Cn1cnc2c(N)nc(Cl)nc21.Cn1cnc2c1N=CC=C[C@H]2O. The summed E-state index contributed by atoms with van der Waals surface area (Å²) in [6.07, 6.45) is 10.9. The summed E-state index contributed by atoms with van der Waals surface area (Å²) in [6, 6.07) is 0. The van der Waals surface area contributed by atoms with Crippen molar-refractivity contribution in [3.63, 3.8) is 0 Å². The summed E-state index contributed by atoms with van der Waals surface area (Å²) in [5.74, 6) is 3.01. The number of hydrogen-bond acceptors (Lipinski definition) is 15. The monoisotopic (exact) mass is 633 g/mol. The molecule has 45 heavy (non-hydrogen) atoms. The standard InChI is InChI=1S/C8H9N3O.C7H9N5.C6H6ClN5.C5H8N4/c1-11-5-10-7-6(12)3-2-4-9-8(7)11;1-4-10-6(8)5-7(11-4)12(2)3-9-5;1-12-2-9-3-4(8)10-6(7)11-5(3)12;1-4-8-5(6)7-3-9(4)2/h2-6,12H,1H3;3H,1-2H3,(H2,8,10,11);2H,1H3,(H2,8,10,11);3H,1H2,2H3,(H2,6,8)/t6-;;;/m1.../s1. The Kier molecular flexibility index (Phi) is 9.79. The van der Waals surface area contributed by atoms with E-state index in [1.165, 1.54) is 0 Å². The minimum Gasteiger partial charge on any atom is -0.383 e. The number of fused-ring (bicyclic) bond motifs is 3. The van der Waals surface area contributed by atoms with Gasteiger partial charge < -0.3 is 40.9 Å². The van der Waals surface area contributed by atoms with Crippen molar-refractivity contribution in [1.29, 1.82) is 0 Å². The van der Waals surface area contributed by atoms with Gasteiger partial charge in [0.1, 0.15) is 34.5 Å². The van der Waals surface area contributed by atoms with Gasteiger partial charge in [-0.05, 0) is 30.7 Å². The number of aliphatic imine (C=N–C) groups is 3. The molecule has 19 heteroatoms. The fraction of sp³-hybridized carbons (Fsp3) is 0.231. The van der Waals surface area contributed by atoms with E-state index in [2.05, 4.69) is 56.4 Å². The average Bonchev–Trinajstić information content (AvgIpc) is 3.62. The molecule has 2 aliphatic rings. The van der Waals surface area contributed by atoms with Gasteiger partial charge >= 0.3 is 0 Å². The molecule has 18 nitrogen and oxygen atoms in total. The van der Waals surface area contributed by atoms with Crippen LogP contribution in [-0.4, -0.2) is 84.2 Å². The van der Waals surface area contributed by atoms with Gasteiger partial charge in [-0.15, -0.1) is 0 Å². The third kappa shape index (κ3) is 7.61. The number of nitrogen functional groups attached to an aromatic ring is 2. The number of anilines is 2. The molecule has 234 valence electrons. The third-order valence-electron chi connectivity index (χ3n) is 6.06. The maximum atomic E-state index is 9.51. The molecule has 0 amide bonds. The number of halogens is 1. The van der Waals surface area contributed by atoms with E-state index in [4.69, 9.17) is 28.8 Å². The summed E-state index contributed by atoms with van der Waals surface area (Å²) in [7, 11) is 7.35. The zero-order valence-corrected chi connectivity index (χ0v) is 25.9. The van der Waals surface area contributed by atoms with Gasteiger partial charge in [0.05, 0.1) is 25.3 Å². The lowest BCUT2D eigenvalue weighted by Crippen LogP contribution is -2.23. The normalized spacial score (nSPS) is 14.9. The van der Waals surface area contributed by atoms with Crippen LogP contribution in [-0.2, 0) is 21.1 Å². The number of nitrogens with zero attached hydrogens (tertiary/aromatic N) is 14. The smallest absolute Gasteiger partial charge is 0.226 e. The second-order valence-electron chi connectivity index (χ2n) is 9.50. The Bertz CT molecular complexity index is 1880. The van der Waals surface area contributed by atoms with Crippen molar-refractivity contribution in [1.82, 2.24) is 53.5 Å². The van der Waals surface area contributed by atoms with E-state index in [0.29, 0.717) is 51.5 Å². The summed E-state index contributed by atoms with van der Waals surface area (Å²) in [6.45, 7) is 5.42. The number of aryl methyl sites for hydroxylation is 4. The lowest BCUT2D eigenvalue weighted by molar-refractivity contribution is 0.225. The fourth-order valence-electron chi connectivity index (χ4n) is 3.76. The van der Waals surface area contributed by atoms with Crippen LogP contribution in [0.4, 0.5) is 17.5 Å². The van der Waals surface area contributed by atoms with E-state index in [1.54, 1.807) is 57.7 Å². The number of imidazole rings is 3. The first-order valence-electron chi connectivity index (χ1n) is 13.1. The molecule has 0 radical (unpaired) electrons. The zero-order chi connectivity index (χ0) is 32.8. The summed E-state index contributed by atoms with van der Waals surface area (Å²) < 4.78 is 5.34. The van der Waals surface area contributed by atoms with E-state index in [-0.39, 0.29) is 11.2 Å². The van der Waals surface area contributed by atoms with Gasteiger partial charge in [-0.2, -0.15) is 15.0 Å². The van der Waals surface area contributed by atoms with Crippen molar-refractivity contribution < 1.29 is 5.11 Å². The second-order valence-corrected chi connectivity index (χ2v) is 9.84. The second kappa shape index (κ2) is 13.7. The van der Waals surface area contributed by atoms with Crippen molar-refractivity contribution >= 4 is 69.9 Å². The van der Waals surface area contributed by atoms with Crippen molar-refractivity contribution in [3.05, 3.63) is 60.3 Å². The summed E-state index contributed by atoms with van der Waals surface area (Å²) in [5, 5.41) is 9.65. The van der Waals surface area contributed by atoms with Crippen LogP contribution in [0.15, 0.2) is 58.5 Å². The van der Waals surface area contributed by atoms with Crippen LogP contribution < -0.4 is 17.2 Å². The van der Waals surface area contributed by atoms with Crippen LogP contribution in [0.3, 0.4) is 0 Å². The minimum atomic E-state index is -0.635. The highest BCUT2D eigenvalue weighted by atomic mass is 35.5. The number of aromatic nitrogens is 10. The molecule has 7 N–H and O–H groups in total. The average molecular weight is 634 g/mol. The highest BCUT2D eigenvalue weighted by Gasteiger charge is 2.15. The third-order valence-corrected chi connectivity index (χ3v) is 6.23. The van der Waals surface area contributed by atoms with E-state index >= 15 is 0 Å². The molecule has 7 heterocycles. The molecule has 1 atom stereocenters. The van der Waals surface area contributed by atoms with Crippen LogP contribution in [0, 0.1) is 6.92 Å². The largest absolute Gasteiger partial charge is 0.383 e. The Hall–Kier alpha value is -5.75. The molecule has 2 aliphatic heterocycles. The lowest BCUT2D eigenvalue weighted by atomic mass is 10.2. The van der Waals surface area contributed by atoms with Crippen LogP contribution in [0.25, 0.3) is 22.3 Å². The van der Waals surface area contributed by atoms with Gasteiger partial charge in [0, 0.05) is 34.4 Å². The summed E-state index contributed by atoms with van der Waals surface area (Å²) in [4.78, 5) is 41.4. The van der Waals surface area contributed by atoms with Crippen molar-refractivity contribution in [2.75, 3.05) is 18.5 Å². The molecular formula is C26H32ClN17O. The molecule has 0 fully saturated rings. The first-order chi connectivity index (χ1) is 21.3. The number of nitrogens with two attached hydrogens (primary N) is 3. The molecule has 0 bridgehead atoms. The molecule has 7 rings (SSSR count). The molecule has 0 unspecified atom stereocenters. The van der Waals surface area contributed by atoms with Crippen molar-refractivity contribution in [2.24, 2.45) is 41.9 Å². The van der Waals surface area contributed by atoms with Gasteiger partial charge in [-0.25, -0.2) is 34.9 Å². The lowest BCUT2D eigenvalue weighted by Gasteiger charge is -2.14. The van der Waals surface area contributed by atoms with Gasteiger partial charge in [-0.1, -0.05) is 6.58 Å². The van der Waals surface area contributed by atoms with Gasteiger partial charge in [0.2, 0.25) is 11.2 Å². The number of rotatable bonds is 0. The van der Waals surface area contributed by atoms with Crippen molar-refractivity contribution in [2.45, 2.75) is 13.0 Å². The predicted molar refractivity (Wildman–Crippen MR) is 174 cm³/mol. The molecular weight excluding hydrogens is 602 g/mol. The fourth-order valence-corrected chi connectivity index (χ4v) is 3.93. The van der Waals surface area contributed by atoms with E-state index in [0.717, 1.165) is 5.65 Å². The Balaban J connectivity index is 0.000000137. The van der Waals surface area contributed by atoms with Gasteiger partial charge in [-0.3, -0.25) is 0 Å². The first-order valence-corrected chi connectivity index (χ1v) is 13.4. The number of guanidine groups is 1. The Morgan fingerprint density at radius 1 is 0.822 bits per heavy atom. The highest BCUT2D eigenvalue weighted by molar-refractivity contribution is 6.28. The van der Waals surface area contributed by atoms with E-state index < -0.39 is 6.10 Å². The van der Waals surface area contributed by atoms with Gasteiger partial charge in [0.15, 0.2) is 28.7 Å². The van der Waals surface area contributed by atoms with Crippen molar-refractivity contribution in [3.8, 4) is 0 Å². The molecule has 5 aromatic rings. The molecule has 0 spiro atoms. The highest BCUT2D eigenvalue weighted by Crippen LogP contribution is 2.25. The van der Waals surface area contributed by atoms with E-state index in [9.17, 15) is 5.11 Å². The predicted octanol–water partition coefficient (Wildman–Crippen LogP) is 1.32. The Labute approximate surface area is 262 Å². The minimum absolute atomic E-state index is 0.142. The maximum absolute atomic E-state index is 9.51. The summed E-state index contributed by atoms with van der Waals surface area (Å²) >= 11 is 5.61. The maximum Gasteiger partial charge on any atom is 0.226 e. The van der Waals surface area contributed by atoms with E-state index in [1.807, 2.05) is 39.7 Å². The molecule has 0 aliphatic carbocycles. The Morgan fingerprint density at radius 2 is 1.42 bits per heavy atom. The topological polar surface area (TPSA) is 244 Å². The first kappa shape index (κ1) is 32.2. The van der Waals surface area contributed by atoms with Crippen LogP contribution in [0.5, 0.6) is 0 Å². The molecule has 0 saturated carbocycles. The quantitative estimate of drug-likeness (QED) is 0.176. The Morgan fingerprint density at radius 3 is 2.04 bits per heavy atom. The number of allylic oxidation sites excluding steroid dienone is 1. The zero-order valence-electron chi connectivity index (χ0n) is 25.1. The molecule has 0 aromatic carbocycles. The number of aliphatic hydroxyl groups is 1. The van der Waals surface area contributed by atoms with Crippen LogP contribution in [0.1, 0.15) is 17.6 Å². The number of hydrogen-bond donors (Lipinski definition) is 4. The molecule has 0 saturated heterocycles. The molecule has 5 aromatic heterocycles. The number of aliphatic hydroxyl groups excluding tert-OH is 1. The van der Waals surface area contributed by atoms with Crippen LogP contribution >= 0.6 is 11.6 Å².